The molecule has 2 heterocycles. The number of amides is 1. The molecule has 1 fully saturated rings. The molecule has 0 spiro atoms. The molecule has 1 aromatic heterocycles. The van der Waals surface area contributed by atoms with Gasteiger partial charge >= 0.3 is 0 Å². The minimum atomic E-state index is -0.404. The summed E-state index contributed by atoms with van der Waals surface area (Å²) in [5.41, 5.74) is 0. The molecule has 2 aromatic rings. The minimum Gasteiger partial charge on any atom is -0.490 e. The fraction of sp³-hybridized carbons (Fsp3) is 0.421. The second kappa shape index (κ2) is 8.67. The van der Waals surface area contributed by atoms with Gasteiger partial charge in [-0.1, -0.05) is 12.1 Å². The third-order valence-corrected chi connectivity index (χ3v) is 4.31. The van der Waals surface area contributed by atoms with Gasteiger partial charge < -0.3 is 14.1 Å². The summed E-state index contributed by atoms with van der Waals surface area (Å²) in [6.07, 6.45) is 2.87. The quantitative estimate of drug-likeness (QED) is 0.807. The third kappa shape index (κ3) is 5.06. The molecule has 3 rings (SSSR count). The van der Waals surface area contributed by atoms with Crippen LogP contribution < -0.4 is 4.74 Å². The summed E-state index contributed by atoms with van der Waals surface area (Å²) < 4.78 is 24.2. The van der Waals surface area contributed by atoms with Gasteiger partial charge in [0.05, 0.1) is 25.8 Å². The van der Waals surface area contributed by atoms with Crippen LogP contribution in [0.15, 0.2) is 47.1 Å². The normalized spacial score (nSPS) is 15.8. The zero-order valence-corrected chi connectivity index (χ0v) is 14.2. The van der Waals surface area contributed by atoms with Crippen LogP contribution in [0.4, 0.5) is 4.39 Å². The molecule has 0 saturated carbocycles. The minimum absolute atomic E-state index is 0.0520. The van der Waals surface area contributed by atoms with Crippen LogP contribution in [0.2, 0.25) is 0 Å². The highest BCUT2D eigenvalue weighted by atomic mass is 19.1. The molecule has 1 aliphatic heterocycles. The van der Waals surface area contributed by atoms with Crippen LogP contribution in [0.1, 0.15) is 18.6 Å². The van der Waals surface area contributed by atoms with Gasteiger partial charge in [-0.2, -0.15) is 0 Å². The Morgan fingerprint density at radius 3 is 2.80 bits per heavy atom. The molecular formula is C19H23FN2O3. The van der Waals surface area contributed by atoms with E-state index in [1.165, 1.54) is 6.07 Å². The number of halogens is 1. The van der Waals surface area contributed by atoms with E-state index in [4.69, 9.17) is 9.15 Å². The summed E-state index contributed by atoms with van der Waals surface area (Å²) in [4.78, 5) is 16.5. The van der Waals surface area contributed by atoms with E-state index in [9.17, 15) is 9.18 Å². The van der Waals surface area contributed by atoms with Crippen molar-refractivity contribution in [1.29, 1.82) is 0 Å². The molecule has 0 bridgehead atoms. The number of carbonyl (C=O) groups is 1. The zero-order valence-electron chi connectivity index (χ0n) is 14.2. The molecule has 5 nitrogen and oxygen atoms in total. The summed E-state index contributed by atoms with van der Waals surface area (Å²) in [6.45, 7) is 4.15. The van der Waals surface area contributed by atoms with Gasteiger partial charge in [0.1, 0.15) is 5.76 Å². The third-order valence-electron chi connectivity index (χ3n) is 4.31. The van der Waals surface area contributed by atoms with Crippen LogP contribution in [-0.2, 0) is 11.3 Å². The molecule has 0 unspecified atom stereocenters. The summed E-state index contributed by atoms with van der Waals surface area (Å²) in [5, 5.41) is 0. The summed E-state index contributed by atoms with van der Waals surface area (Å²) >= 11 is 0. The highest BCUT2D eigenvalue weighted by Crippen LogP contribution is 2.16. The van der Waals surface area contributed by atoms with Gasteiger partial charge in [-0.3, -0.25) is 9.69 Å². The summed E-state index contributed by atoms with van der Waals surface area (Å²) in [6, 6.07) is 10.1. The molecule has 134 valence electrons. The predicted octanol–water partition coefficient (Wildman–Crippen LogP) is 2.92. The van der Waals surface area contributed by atoms with Crippen molar-refractivity contribution < 1.29 is 18.3 Å². The molecule has 1 aromatic carbocycles. The van der Waals surface area contributed by atoms with Gasteiger partial charge in [0.2, 0.25) is 5.91 Å². The van der Waals surface area contributed by atoms with Gasteiger partial charge in [-0.25, -0.2) is 4.39 Å². The molecule has 0 atom stereocenters. The molecule has 1 amide bonds. The van der Waals surface area contributed by atoms with Gasteiger partial charge in [-0.05, 0) is 30.7 Å². The topological polar surface area (TPSA) is 45.9 Å². The Morgan fingerprint density at radius 2 is 2.00 bits per heavy atom. The molecule has 25 heavy (non-hydrogen) atoms. The fourth-order valence-corrected chi connectivity index (χ4v) is 2.97. The number of carbonyl (C=O) groups excluding carboxylic acids is 1. The Morgan fingerprint density at radius 1 is 1.12 bits per heavy atom. The number of furan rings is 1. The first-order valence-electron chi connectivity index (χ1n) is 8.62. The lowest BCUT2D eigenvalue weighted by atomic mass is 10.3. The average Bonchev–Trinajstić information content (AvgIpc) is 3.01. The van der Waals surface area contributed by atoms with Crippen molar-refractivity contribution in [3.63, 3.8) is 0 Å². The Labute approximate surface area is 147 Å². The number of hydrogen-bond donors (Lipinski definition) is 0. The zero-order chi connectivity index (χ0) is 17.5. The van der Waals surface area contributed by atoms with E-state index in [1.807, 2.05) is 17.0 Å². The van der Waals surface area contributed by atoms with Crippen LogP contribution in [0, 0.1) is 5.82 Å². The Bertz CT molecular complexity index is 675. The van der Waals surface area contributed by atoms with E-state index >= 15 is 0 Å². The van der Waals surface area contributed by atoms with Gasteiger partial charge in [0.25, 0.3) is 0 Å². The smallest absolute Gasteiger partial charge is 0.226 e. The highest BCUT2D eigenvalue weighted by molar-refractivity contribution is 5.76. The molecular weight excluding hydrogens is 323 g/mol. The van der Waals surface area contributed by atoms with E-state index < -0.39 is 5.82 Å². The van der Waals surface area contributed by atoms with Gasteiger partial charge in [0, 0.05) is 26.2 Å². The standard InChI is InChI=1S/C19H23FN2O3/c20-17-6-1-2-7-18(17)25-14-8-19(23)22-10-4-9-21(11-12-22)15-16-5-3-13-24-16/h1-3,5-7,13H,4,8-12,14-15H2. The van der Waals surface area contributed by atoms with Crippen molar-refractivity contribution in [3.05, 3.63) is 54.2 Å². The maximum atomic E-state index is 13.5. The lowest BCUT2D eigenvalue weighted by Crippen LogP contribution is -2.35. The number of nitrogens with zero attached hydrogens (tertiary/aromatic N) is 2. The van der Waals surface area contributed by atoms with E-state index in [0.29, 0.717) is 6.54 Å². The first kappa shape index (κ1) is 17.5. The molecule has 1 aliphatic rings. The Balaban J connectivity index is 1.42. The SMILES string of the molecule is O=C(CCOc1ccccc1F)N1CCCN(Cc2ccco2)CC1. The first-order chi connectivity index (χ1) is 12.2. The maximum absolute atomic E-state index is 13.5. The van der Waals surface area contributed by atoms with E-state index in [1.54, 1.807) is 24.5 Å². The first-order valence-corrected chi connectivity index (χ1v) is 8.62. The van der Waals surface area contributed by atoms with Gasteiger partial charge in [-0.15, -0.1) is 0 Å². The van der Waals surface area contributed by atoms with Crippen molar-refractivity contribution in [2.45, 2.75) is 19.4 Å². The van der Waals surface area contributed by atoms with Gasteiger partial charge in [0.15, 0.2) is 11.6 Å². The van der Waals surface area contributed by atoms with Crippen LogP contribution in [0.5, 0.6) is 5.75 Å². The monoisotopic (exact) mass is 346 g/mol. The largest absolute Gasteiger partial charge is 0.490 e. The van der Waals surface area contributed by atoms with Crippen molar-refractivity contribution in [1.82, 2.24) is 9.80 Å². The summed E-state index contributed by atoms with van der Waals surface area (Å²) in [5.74, 6) is 0.781. The Hall–Kier alpha value is -2.34. The molecule has 1 saturated heterocycles. The van der Waals surface area contributed by atoms with E-state index in [0.717, 1.165) is 38.4 Å². The van der Waals surface area contributed by atoms with Crippen LogP contribution in [0.3, 0.4) is 0 Å². The van der Waals surface area contributed by atoms with Crippen molar-refractivity contribution in [2.24, 2.45) is 0 Å². The fourth-order valence-electron chi connectivity index (χ4n) is 2.97. The molecule has 6 heteroatoms. The number of para-hydroxylation sites is 1. The lowest BCUT2D eigenvalue weighted by molar-refractivity contribution is -0.131. The Kier molecular flexibility index (Phi) is 6.06. The lowest BCUT2D eigenvalue weighted by Gasteiger charge is -2.21. The van der Waals surface area contributed by atoms with Crippen molar-refractivity contribution >= 4 is 5.91 Å². The second-order valence-corrected chi connectivity index (χ2v) is 6.12. The van der Waals surface area contributed by atoms with Crippen LogP contribution in [-0.4, -0.2) is 48.5 Å². The van der Waals surface area contributed by atoms with E-state index in [-0.39, 0.29) is 24.7 Å². The number of rotatable bonds is 6. The second-order valence-electron chi connectivity index (χ2n) is 6.12. The maximum Gasteiger partial charge on any atom is 0.226 e. The van der Waals surface area contributed by atoms with Crippen LogP contribution >= 0.6 is 0 Å². The van der Waals surface area contributed by atoms with Crippen molar-refractivity contribution in [2.75, 3.05) is 32.8 Å². The predicted molar refractivity (Wildman–Crippen MR) is 91.7 cm³/mol. The summed E-state index contributed by atoms with van der Waals surface area (Å²) in [7, 11) is 0. The number of hydrogen-bond acceptors (Lipinski definition) is 4. The number of ether oxygens (including phenoxy) is 1. The van der Waals surface area contributed by atoms with E-state index in [2.05, 4.69) is 4.90 Å². The molecule has 0 radical (unpaired) electrons. The number of benzene rings is 1. The molecule has 0 aliphatic carbocycles. The average molecular weight is 346 g/mol. The van der Waals surface area contributed by atoms with Crippen LogP contribution in [0.25, 0.3) is 0 Å². The highest BCUT2D eigenvalue weighted by Gasteiger charge is 2.19. The van der Waals surface area contributed by atoms with Crippen molar-refractivity contribution in [3.8, 4) is 5.75 Å². The molecule has 0 N–H and O–H groups in total.